The molecule has 22 nitrogen and oxygen atoms in total. The monoisotopic (exact) mass is 1430 g/mol. The number of phenols is 2. The topological polar surface area (TPSA) is 264 Å². The normalized spacial score (nSPS) is 23.5. The zero-order valence-corrected chi connectivity index (χ0v) is 57.8. The lowest BCUT2D eigenvalue weighted by Gasteiger charge is -2.60. The first kappa shape index (κ1) is 71.3. The van der Waals surface area contributed by atoms with Crippen molar-refractivity contribution in [1.29, 1.82) is 5.26 Å². The number of rotatable bonds is 12. The van der Waals surface area contributed by atoms with Crippen LogP contribution in [0, 0.1) is 39.0 Å². The van der Waals surface area contributed by atoms with Gasteiger partial charge in [0, 0.05) is 102 Å². The number of piperazine rings is 2. The van der Waals surface area contributed by atoms with Gasteiger partial charge in [0.15, 0.2) is 46.0 Å². The molecule has 8 heterocycles. The summed E-state index contributed by atoms with van der Waals surface area (Å²) in [5.74, 6) is 0.675. The van der Waals surface area contributed by atoms with E-state index in [0.717, 1.165) is 58.7 Å². The van der Waals surface area contributed by atoms with Gasteiger partial charge >= 0.3 is 24.3 Å². The maximum Gasteiger partial charge on any atom is 0.416 e. The lowest BCUT2D eigenvalue weighted by atomic mass is 9.71. The number of phenolic OH excluding ortho intramolecular Hbond substituents is 2. The third-order valence-corrected chi connectivity index (χ3v) is 21.1. The summed E-state index contributed by atoms with van der Waals surface area (Å²) < 4.78 is 126. The molecule has 6 aromatic rings. The quantitative estimate of drug-likeness (QED) is 0.0330. The van der Waals surface area contributed by atoms with E-state index < -0.39 is 102 Å². The molecule has 2 fully saturated rings. The fraction of sp³-hybridized carbons (Fsp3) is 0.400. The largest absolute Gasteiger partial charge is 0.504 e. The van der Waals surface area contributed by atoms with Crippen molar-refractivity contribution in [3.05, 3.63) is 162 Å². The van der Waals surface area contributed by atoms with Crippen LogP contribution in [-0.4, -0.2) is 150 Å². The molecule has 0 aliphatic carbocycles. The molecule has 0 spiro atoms. The van der Waals surface area contributed by atoms with Gasteiger partial charge in [-0.3, -0.25) is 38.8 Å². The molecule has 542 valence electrons. The summed E-state index contributed by atoms with van der Waals surface area (Å²) >= 11 is 0. The van der Waals surface area contributed by atoms with Crippen LogP contribution in [-0.2, 0) is 57.2 Å². The first-order chi connectivity index (χ1) is 48.9. The average Bonchev–Trinajstić information content (AvgIpc) is 0.904. The van der Waals surface area contributed by atoms with Crippen LogP contribution in [0.3, 0.4) is 0 Å². The van der Waals surface area contributed by atoms with E-state index in [0.29, 0.717) is 103 Å². The number of hydrogen-bond acceptors (Lipinski definition) is 20. The van der Waals surface area contributed by atoms with Gasteiger partial charge in [-0.15, -0.1) is 0 Å². The number of nitriles is 1. The average molecular weight is 1430 g/mol. The number of ether oxygens (including phenoxy) is 8. The third-order valence-electron chi connectivity index (χ3n) is 21.1. The van der Waals surface area contributed by atoms with E-state index in [1.807, 2.05) is 49.9 Å². The smallest absolute Gasteiger partial charge is 0.416 e. The minimum Gasteiger partial charge on any atom is -0.504 e. The Morgan fingerprint density at radius 3 is 1.41 bits per heavy atom. The van der Waals surface area contributed by atoms with Gasteiger partial charge in [0.1, 0.15) is 23.8 Å². The maximum absolute atomic E-state index is 13.3. The van der Waals surface area contributed by atoms with Gasteiger partial charge < -0.3 is 63.8 Å². The molecule has 8 aliphatic rings. The number of carbonyl (C=O) groups is 4. The minimum absolute atomic E-state index is 0.0107. The number of nitrogens with one attached hydrogen (secondary N) is 2. The lowest BCUT2D eigenvalue weighted by molar-refractivity contribution is -0.172. The van der Waals surface area contributed by atoms with E-state index in [1.165, 1.54) is 64.5 Å². The number of esters is 2. The molecule has 0 saturated carbocycles. The summed E-state index contributed by atoms with van der Waals surface area (Å²) in [6.45, 7) is 9.54. The Bertz CT molecular complexity index is 4590. The standard InChI is InChI=1S/C38H37F3N4O7.C37H38F3N3O8/c1-18-11-22-13-25-27(15-42)45-26(32(44(25)4)30(22)33(48)34(18)49-5)14-24-31(37-36(50-17-51-37)19(2)35(24)52-20(3)46)28(45)16-43-29(47)10-9-21-7-6-8-23(12-21)38(39,40)41;1-17-11-21-13-25-36(47)43-24(30(42(25)4)28(21)31(46)32(17)48-5)14-23-29(35-34(49-16-50-35)18(2)33(23)51-19(3)44)26(43)15-41-27(45)10-9-20-7-6-8-22(12-20)37(38,39)40/h6-12,25-28,32,48H,13-14,16-17H2,1-5H3,(H,43,47);6-12,24-26,30,36,46-47H,13-16H2,1-5H3,(H,41,45)/b2*10-9+/t25-,26?,27-,28-,32-;24?,25-,26-,30-,36-/m00/s1. The van der Waals surface area contributed by atoms with Gasteiger partial charge in [0.05, 0.1) is 61.6 Å². The highest BCUT2D eigenvalue weighted by Gasteiger charge is 2.59. The molecule has 0 aromatic heterocycles. The Morgan fingerprint density at radius 1 is 0.583 bits per heavy atom. The van der Waals surface area contributed by atoms with Gasteiger partial charge in [-0.2, -0.15) is 31.6 Å². The number of alkyl halides is 6. The van der Waals surface area contributed by atoms with Gasteiger partial charge in [0.2, 0.25) is 25.4 Å². The molecular formula is C75H75F6N7O15. The number of hydrogen-bond donors (Lipinski definition) is 5. The molecule has 4 bridgehead atoms. The number of methoxy groups -OCH3 is 2. The molecule has 103 heavy (non-hydrogen) atoms. The van der Waals surface area contributed by atoms with Gasteiger partial charge in [-0.1, -0.05) is 36.4 Å². The van der Waals surface area contributed by atoms with Crippen molar-refractivity contribution < 1.29 is 98.7 Å². The Kier molecular flexibility index (Phi) is 18.9. The Balaban J connectivity index is 0.000000183. The summed E-state index contributed by atoms with van der Waals surface area (Å²) in [5.41, 5.74) is 6.95. The number of benzene rings is 6. The van der Waals surface area contributed by atoms with E-state index >= 15 is 0 Å². The van der Waals surface area contributed by atoms with Gasteiger partial charge in [-0.05, 0) is 137 Å². The fourth-order valence-electron chi connectivity index (χ4n) is 16.9. The molecular weight excluding hydrogens is 1350 g/mol. The van der Waals surface area contributed by atoms with Gasteiger partial charge in [0.25, 0.3) is 0 Å². The molecule has 5 N–H and O–H groups in total. The van der Waals surface area contributed by atoms with E-state index in [4.69, 9.17) is 37.9 Å². The summed E-state index contributed by atoms with van der Waals surface area (Å²) in [6.07, 6.45) is -3.80. The highest BCUT2D eigenvalue weighted by molar-refractivity contribution is 5.92. The predicted octanol–water partition coefficient (Wildman–Crippen LogP) is 10.0. The van der Waals surface area contributed by atoms with E-state index in [2.05, 4.69) is 26.5 Å². The molecule has 8 aliphatic heterocycles. The van der Waals surface area contributed by atoms with Crippen LogP contribution >= 0.6 is 0 Å². The summed E-state index contributed by atoms with van der Waals surface area (Å²) in [6, 6.07) is 11.0. The number of aryl methyl sites for hydroxylation is 2. The first-order valence-corrected chi connectivity index (χ1v) is 33.3. The number of carbonyl (C=O) groups excluding carboxylic acids is 4. The van der Waals surface area contributed by atoms with E-state index in [-0.39, 0.29) is 68.2 Å². The lowest BCUT2D eigenvalue weighted by Crippen LogP contribution is -2.69. The summed E-state index contributed by atoms with van der Waals surface area (Å²) in [5, 5.41) is 52.1. The van der Waals surface area contributed by atoms with Crippen molar-refractivity contribution in [2.75, 3.05) is 55.0 Å². The van der Waals surface area contributed by atoms with Crippen molar-refractivity contribution in [1.82, 2.24) is 30.2 Å². The summed E-state index contributed by atoms with van der Waals surface area (Å²) in [7, 11) is 6.81. The van der Waals surface area contributed by atoms with Crippen LogP contribution in [0.25, 0.3) is 12.2 Å². The molecule has 10 atom stereocenters. The highest BCUT2D eigenvalue weighted by Crippen LogP contribution is 2.61. The number of fused-ring (bicyclic) bond motifs is 18. The molecule has 28 heteroatoms. The second-order valence-electron chi connectivity index (χ2n) is 26.9. The zero-order chi connectivity index (χ0) is 73.7. The van der Waals surface area contributed by atoms with Crippen molar-refractivity contribution in [2.45, 2.75) is 140 Å². The Hall–Kier alpha value is -10.1. The van der Waals surface area contributed by atoms with Crippen LogP contribution in [0.5, 0.6) is 57.5 Å². The zero-order valence-electron chi connectivity index (χ0n) is 57.8. The molecule has 2 saturated heterocycles. The molecule has 2 unspecified atom stereocenters. The molecule has 6 aromatic carbocycles. The van der Waals surface area contributed by atoms with Crippen molar-refractivity contribution in [2.24, 2.45) is 0 Å². The fourth-order valence-corrected chi connectivity index (χ4v) is 16.9. The number of aliphatic hydroxyl groups excluding tert-OH is 1. The number of aromatic hydroxyl groups is 2. The second kappa shape index (κ2) is 27.3. The summed E-state index contributed by atoms with van der Waals surface area (Å²) in [4.78, 5) is 59.7. The van der Waals surface area contributed by atoms with Crippen molar-refractivity contribution in [3.8, 4) is 63.6 Å². The maximum atomic E-state index is 13.3. The number of halogens is 6. The Morgan fingerprint density at radius 2 is 0.990 bits per heavy atom. The first-order valence-electron chi connectivity index (χ1n) is 33.3. The van der Waals surface area contributed by atoms with Crippen LogP contribution < -0.4 is 48.5 Å². The van der Waals surface area contributed by atoms with Crippen molar-refractivity contribution >= 4 is 35.9 Å². The number of nitrogens with zero attached hydrogens (tertiary/aromatic N) is 5. The minimum atomic E-state index is -4.54. The molecule has 0 radical (unpaired) electrons. The predicted molar refractivity (Wildman–Crippen MR) is 359 cm³/mol. The SMILES string of the molecule is COc1c(C)cc2c(c1O)[C@@H]1C3Cc4c(OC(C)=O)c(C)c5c(c4[C@H](CNC(=O)/C=C/c4cccc(C(F)(F)F)c4)N3[C@@H](C#N)[C@H](C2)N1C)OCO5.COc1c(C)cc2c(c1O)[C@@H]1C3Cc4c(OC(C)=O)c(C)c5c(c4[C@H](CNC(=O)/C=C/c4cccc(C(F)(F)F)c4)N3[C@@H](O)[C@H](C2)N1C)OCO5. The number of likely N-dealkylation sites (N-methyl/N-ethyl adjacent to an activating group) is 2. The molecule has 14 rings (SSSR count). The number of amides is 2. The van der Waals surface area contributed by atoms with Crippen LogP contribution in [0.1, 0.15) is 127 Å². The Labute approximate surface area is 588 Å². The van der Waals surface area contributed by atoms with Crippen LogP contribution in [0.4, 0.5) is 26.3 Å². The highest BCUT2D eigenvalue weighted by atomic mass is 19.4. The van der Waals surface area contributed by atoms with E-state index in [9.17, 15) is 66.1 Å². The van der Waals surface area contributed by atoms with Crippen LogP contribution in [0.2, 0.25) is 0 Å². The second-order valence-corrected chi connectivity index (χ2v) is 26.9. The number of aliphatic hydroxyl groups is 1. The van der Waals surface area contributed by atoms with Crippen LogP contribution in [0.15, 0.2) is 72.8 Å². The van der Waals surface area contributed by atoms with Gasteiger partial charge in [-0.25, -0.2) is 0 Å². The molecule has 2 amide bonds. The van der Waals surface area contributed by atoms with Crippen molar-refractivity contribution in [3.63, 3.8) is 0 Å². The third kappa shape index (κ3) is 12.5. The van der Waals surface area contributed by atoms with E-state index in [1.54, 1.807) is 13.8 Å².